The van der Waals surface area contributed by atoms with Crippen molar-refractivity contribution in [1.82, 2.24) is 14.6 Å². The minimum atomic E-state index is -0.451. The lowest BCUT2D eigenvalue weighted by molar-refractivity contribution is 0.0600. The van der Waals surface area contributed by atoms with E-state index in [2.05, 4.69) is 10.2 Å². The Hall–Kier alpha value is -2.76. The summed E-state index contributed by atoms with van der Waals surface area (Å²) in [6, 6.07) is 7.74. The van der Waals surface area contributed by atoms with E-state index in [0.29, 0.717) is 22.6 Å². The Morgan fingerprint density at radius 3 is 2.81 bits per heavy atom. The van der Waals surface area contributed by atoms with Crippen molar-refractivity contribution in [3.63, 3.8) is 0 Å². The molecule has 0 spiro atoms. The van der Waals surface area contributed by atoms with Gasteiger partial charge in [-0.3, -0.25) is 4.40 Å². The second-order valence-electron chi connectivity index (χ2n) is 4.62. The third kappa shape index (κ3) is 2.24. The number of rotatable bonds is 2. The quantitative estimate of drug-likeness (QED) is 0.679. The Morgan fingerprint density at radius 2 is 2.05 bits per heavy atom. The maximum atomic E-state index is 13.5. The lowest BCUT2D eigenvalue weighted by Gasteiger charge is -2.05. The van der Waals surface area contributed by atoms with E-state index < -0.39 is 5.97 Å². The molecule has 1 aromatic carbocycles. The summed E-state index contributed by atoms with van der Waals surface area (Å²) in [6.07, 6.45) is 1.58. The number of hydrogen-bond donors (Lipinski definition) is 0. The first-order valence-electron chi connectivity index (χ1n) is 6.30. The van der Waals surface area contributed by atoms with Crippen LogP contribution in [0.4, 0.5) is 4.39 Å². The van der Waals surface area contributed by atoms with Gasteiger partial charge in [-0.2, -0.15) is 0 Å². The van der Waals surface area contributed by atoms with Crippen LogP contribution >= 0.6 is 0 Å². The monoisotopic (exact) mass is 285 g/mol. The summed E-state index contributed by atoms with van der Waals surface area (Å²) < 4.78 is 19.8. The third-order valence-corrected chi connectivity index (χ3v) is 3.26. The fraction of sp³-hybridized carbons (Fsp3) is 0.133. The van der Waals surface area contributed by atoms with Crippen molar-refractivity contribution >= 4 is 11.6 Å². The van der Waals surface area contributed by atoms with Gasteiger partial charge in [-0.05, 0) is 36.8 Å². The van der Waals surface area contributed by atoms with E-state index in [1.165, 1.54) is 19.2 Å². The van der Waals surface area contributed by atoms with Gasteiger partial charge in [0.25, 0.3) is 0 Å². The van der Waals surface area contributed by atoms with Crippen LogP contribution in [0.3, 0.4) is 0 Å². The smallest absolute Gasteiger partial charge is 0.339 e. The molecule has 3 rings (SSSR count). The maximum Gasteiger partial charge on any atom is 0.339 e. The van der Waals surface area contributed by atoms with Gasteiger partial charge in [-0.15, -0.1) is 10.2 Å². The summed E-state index contributed by atoms with van der Waals surface area (Å²) in [7, 11) is 1.32. The van der Waals surface area contributed by atoms with E-state index in [1.807, 2.05) is 6.92 Å². The molecule has 3 aromatic rings. The number of methoxy groups -OCH3 is 1. The van der Waals surface area contributed by atoms with Crippen molar-refractivity contribution < 1.29 is 13.9 Å². The molecule has 0 fully saturated rings. The first-order valence-corrected chi connectivity index (χ1v) is 6.30. The van der Waals surface area contributed by atoms with E-state index in [-0.39, 0.29) is 5.82 Å². The van der Waals surface area contributed by atoms with Crippen molar-refractivity contribution in [2.24, 2.45) is 0 Å². The summed E-state index contributed by atoms with van der Waals surface area (Å²) in [4.78, 5) is 11.6. The number of esters is 1. The molecule has 0 N–H and O–H groups in total. The molecular formula is C15H12FN3O2. The molecule has 0 saturated carbocycles. The van der Waals surface area contributed by atoms with E-state index in [9.17, 15) is 9.18 Å². The molecule has 6 heteroatoms. The molecule has 0 amide bonds. The summed E-state index contributed by atoms with van der Waals surface area (Å²) in [5.41, 5.74) is 2.44. The minimum absolute atomic E-state index is 0.350. The number of aryl methyl sites for hydroxylation is 1. The Morgan fingerprint density at radius 1 is 1.24 bits per heavy atom. The molecule has 0 aliphatic rings. The minimum Gasteiger partial charge on any atom is -0.465 e. The average Bonchev–Trinajstić information content (AvgIpc) is 2.91. The zero-order valence-electron chi connectivity index (χ0n) is 11.5. The van der Waals surface area contributed by atoms with Gasteiger partial charge in [0.15, 0.2) is 11.5 Å². The molecule has 0 saturated heterocycles. The number of benzene rings is 1. The van der Waals surface area contributed by atoms with Gasteiger partial charge in [0.05, 0.1) is 12.7 Å². The van der Waals surface area contributed by atoms with Gasteiger partial charge in [-0.25, -0.2) is 9.18 Å². The zero-order chi connectivity index (χ0) is 15.0. The van der Waals surface area contributed by atoms with Gasteiger partial charge in [0.2, 0.25) is 0 Å². The Labute approximate surface area is 120 Å². The van der Waals surface area contributed by atoms with Crippen LogP contribution in [0.1, 0.15) is 15.9 Å². The average molecular weight is 285 g/mol. The van der Waals surface area contributed by atoms with Gasteiger partial charge >= 0.3 is 5.97 Å². The number of ether oxygens (including phenoxy) is 1. The highest BCUT2D eigenvalue weighted by atomic mass is 19.1. The van der Waals surface area contributed by atoms with Crippen LogP contribution in [0, 0.1) is 12.7 Å². The molecule has 0 unspecified atom stereocenters. The summed E-state index contributed by atoms with van der Waals surface area (Å²) in [5.74, 6) is -0.322. The van der Waals surface area contributed by atoms with Gasteiger partial charge < -0.3 is 4.74 Å². The number of fused-ring (bicyclic) bond motifs is 1. The largest absolute Gasteiger partial charge is 0.465 e. The van der Waals surface area contributed by atoms with Crippen molar-refractivity contribution in [3.8, 4) is 11.4 Å². The van der Waals surface area contributed by atoms with Crippen LogP contribution in [-0.2, 0) is 4.74 Å². The molecular weight excluding hydrogens is 273 g/mol. The SMILES string of the molecule is COC(=O)c1ccc2nnc(-c3cc(F)ccc3C)n2c1. The lowest BCUT2D eigenvalue weighted by Crippen LogP contribution is -2.03. The molecule has 0 atom stereocenters. The van der Waals surface area contributed by atoms with Crippen LogP contribution in [0.15, 0.2) is 36.5 Å². The number of aromatic nitrogens is 3. The lowest BCUT2D eigenvalue weighted by atomic mass is 10.1. The number of carbonyl (C=O) groups excluding carboxylic acids is 1. The van der Waals surface area contributed by atoms with Crippen LogP contribution in [0.2, 0.25) is 0 Å². The van der Waals surface area contributed by atoms with Crippen LogP contribution in [-0.4, -0.2) is 27.7 Å². The standard InChI is InChI=1S/C15H12FN3O2/c1-9-3-5-11(16)7-12(9)14-18-17-13-6-4-10(8-19(13)14)15(20)21-2/h3-8H,1-2H3. The second-order valence-corrected chi connectivity index (χ2v) is 4.62. The van der Waals surface area contributed by atoms with Gasteiger partial charge in [-0.1, -0.05) is 6.07 Å². The van der Waals surface area contributed by atoms with E-state index in [4.69, 9.17) is 4.74 Å². The van der Waals surface area contributed by atoms with Gasteiger partial charge in [0.1, 0.15) is 5.82 Å². The van der Waals surface area contributed by atoms with E-state index >= 15 is 0 Å². The van der Waals surface area contributed by atoms with Crippen LogP contribution < -0.4 is 0 Å². The molecule has 106 valence electrons. The highest BCUT2D eigenvalue weighted by molar-refractivity contribution is 5.89. The van der Waals surface area contributed by atoms with E-state index in [0.717, 1.165) is 5.56 Å². The zero-order valence-corrected chi connectivity index (χ0v) is 11.5. The normalized spacial score (nSPS) is 10.8. The van der Waals surface area contributed by atoms with Crippen molar-refractivity contribution in [1.29, 1.82) is 0 Å². The molecule has 0 radical (unpaired) electrons. The highest BCUT2D eigenvalue weighted by Gasteiger charge is 2.14. The highest BCUT2D eigenvalue weighted by Crippen LogP contribution is 2.23. The second kappa shape index (κ2) is 4.97. The predicted octanol–water partition coefficient (Wildman–Crippen LogP) is 2.63. The topological polar surface area (TPSA) is 56.5 Å². The molecule has 0 bridgehead atoms. The first kappa shape index (κ1) is 13.2. The number of pyridine rings is 1. The van der Waals surface area contributed by atoms with Crippen molar-refractivity contribution in [2.75, 3.05) is 7.11 Å². The summed E-state index contributed by atoms with van der Waals surface area (Å²) >= 11 is 0. The molecule has 5 nitrogen and oxygen atoms in total. The van der Waals surface area contributed by atoms with Crippen molar-refractivity contribution in [2.45, 2.75) is 6.92 Å². The Bertz CT molecular complexity index is 842. The maximum absolute atomic E-state index is 13.5. The Kier molecular flexibility index (Phi) is 3.13. The number of halogens is 1. The fourth-order valence-corrected chi connectivity index (χ4v) is 2.15. The molecule has 2 aromatic heterocycles. The van der Waals surface area contributed by atoms with Gasteiger partial charge in [0, 0.05) is 11.8 Å². The fourth-order valence-electron chi connectivity index (χ4n) is 2.15. The third-order valence-electron chi connectivity index (χ3n) is 3.26. The molecule has 21 heavy (non-hydrogen) atoms. The van der Waals surface area contributed by atoms with Crippen LogP contribution in [0.5, 0.6) is 0 Å². The number of hydrogen-bond acceptors (Lipinski definition) is 4. The first-order chi connectivity index (χ1) is 10.1. The van der Waals surface area contributed by atoms with Crippen LogP contribution in [0.25, 0.3) is 17.0 Å². The molecule has 0 aliphatic carbocycles. The predicted molar refractivity (Wildman–Crippen MR) is 74.5 cm³/mol. The van der Waals surface area contributed by atoms with Crippen molar-refractivity contribution in [3.05, 3.63) is 53.5 Å². The summed E-state index contributed by atoms with van der Waals surface area (Å²) in [5, 5.41) is 8.12. The summed E-state index contributed by atoms with van der Waals surface area (Å²) in [6.45, 7) is 1.86. The molecule has 0 aliphatic heterocycles. The van der Waals surface area contributed by atoms with E-state index in [1.54, 1.807) is 28.8 Å². The Balaban J connectivity index is 2.23. The number of nitrogens with zero attached hydrogens (tertiary/aromatic N) is 3. The molecule has 2 heterocycles. The number of carbonyl (C=O) groups is 1.